The van der Waals surface area contributed by atoms with E-state index in [0.717, 1.165) is 24.8 Å². The van der Waals surface area contributed by atoms with E-state index in [0.29, 0.717) is 11.5 Å². The number of aromatic nitrogens is 2. The van der Waals surface area contributed by atoms with Crippen molar-refractivity contribution in [2.75, 3.05) is 5.73 Å². The molecule has 1 unspecified atom stereocenters. The van der Waals surface area contributed by atoms with Crippen LogP contribution in [0.25, 0.3) is 11.0 Å². The molecule has 21 heavy (non-hydrogen) atoms. The molecule has 0 spiro atoms. The van der Waals surface area contributed by atoms with Gasteiger partial charge in [-0.05, 0) is 42.5 Å². The van der Waals surface area contributed by atoms with Gasteiger partial charge in [0.1, 0.15) is 5.82 Å². The van der Waals surface area contributed by atoms with E-state index in [4.69, 9.17) is 5.73 Å². The minimum Gasteiger partial charge on any atom is -0.369 e. The number of aryl methyl sites for hydroxylation is 1. The predicted molar refractivity (Wildman–Crippen MR) is 81.6 cm³/mol. The Kier molecular flexibility index (Phi) is 2.70. The van der Waals surface area contributed by atoms with Crippen LogP contribution in [0.2, 0.25) is 0 Å². The van der Waals surface area contributed by atoms with E-state index < -0.39 is 0 Å². The molecule has 0 bridgehead atoms. The highest BCUT2D eigenvalue weighted by molar-refractivity contribution is 5.78. The maximum Gasteiger partial charge on any atom is 0.201 e. The van der Waals surface area contributed by atoms with Crippen molar-refractivity contribution in [1.82, 2.24) is 9.55 Å². The third kappa shape index (κ3) is 1.98. The molecule has 0 saturated carbocycles. The zero-order valence-electron chi connectivity index (χ0n) is 11.6. The number of halogens is 1. The second kappa shape index (κ2) is 4.58. The Morgan fingerprint density at radius 1 is 1.14 bits per heavy atom. The maximum absolute atomic E-state index is 13.3. The molecule has 0 fully saturated rings. The molecule has 3 nitrogen and oxygen atoms in total. The van der Waals surface area contributed by atoms with Crippen LogP contribution in [-0.2, 0) is 12.8 Å². The van der Waals surface area contributed by atoms with Gasteiger partial charge in [0.25, 0.3) is 0 Å². The standard InChI is InChI=1S/C17H16FN3/c18-13-6-8-16-15(10-13)20-17(19)21(16)14-7-5-11-3-1-2-4-12(11)9-14/h1-4,6,8,10,14H,5,7,9H2,(H2,19,20). The van der Waals surface area contributed by atoms with Crippen LogP contribution in [0, 0.1) is 5.82 Å². The van der Waals surface area contributed by atoms with Crippen LogP contribution < -0.4 is 5.73 Å². The lowest BCUT2D eigenvalue weighted by molar-refractivity contribution is 0.457. The lowest BCUT2D eigenvalue weighted by atomic mass is 9.88. The molecule has 4 rings (SSSR count). The number of nitrogen functional groups attached to an aromatic ring is 1. The van der Waals surface area contributed by atoms with E-state index in [9.17, 15) is 4.39 Å². The van der Waals surface area contributed by atoms with Gasteiger partial charge in [0.05, 0.1) is 11.0 Å². The summed E-state index contributed by atoms with van der Waals surface area (Å²) in [6.07, 6.45) is 3.02. The highest BCUT2D eigenvalue weighted by atomic mass is 19.1. The summed E-state index contributed by atoms with van der Waals surface area (Å²) in [5.41, 5.74) is 10.4. The summed E-state index contributed by atoms with van der Waals surface area (Å²) in [6.45, 7) is 0. The average molecular weight is 281 g/mol. The van der Waals surface area contributed by atoms with Crippen LogP contribution >= 0.6 is 0 Å². The van der Waals surface area contributed by atoms with Crippen molar-refractivity contribution < 1.29 is 4.39 Å². The first kappa shape index (κ1) is 12.4. The average Bonchev–Trinajstić information content (AvgIpc) is 2.81. The summed E-state index contributed by atoms with van der Waals surface area (Å²) >= 11 is 0. The Bertz CT molecular complexity index is 822. The first-order valence-corrected chi connectivity index (χ1v) is 7.22. The van der Waals surface area contributed by atoms with Gasteiger partial charge < -0.3 is 10.3 Å². The highest BCUT2D eigenvalue weighted by Gasteiger charge is 2.23. The van der Waals surface area contributed by atoms with Gasteiger partial charge in [0.2, 0.25) is 5.95 Å². The van der Waals surface area contributed by atoms with Crippen molar-refractivity contribution in [2.45, 2.75) is 25.3 Å². The summed E-state index contributed by atoms with van der Waals surface area (Å²) < 4.78 is 15.4. The second-order valence-electron chi connectivity index (χ2n) is 5.64. The topological polar surface area (TPSA) is 43.8 Å². The zero-order valence-corrected chi connectivity index (χ0v) is 11.6. The van der Waals surface area contributed by atoms with Gasteiger partial charge >= 0.3 is 0 Å². The molecule has 0 saturated heterocycles. The predicted octanol–water partition coefficient (Wildman–Crippen LogP) is 3.49. The molecular formula is C17H16FN3. The van der Waals surface area contributed by atoms with E-state index in [1.807, 2.05) is 0 Å². The molecule has 2 aromatic carbocycles. The number of rotatable bonds is 1. The van der Waals surface area contributed by atoms with Crippen LogP contribution in [0.1, 0.15) is 23.6 Å². The number of benzene rings is 2. The van der Waals surface area contributed by atoms with Crippen LogP contribution in [0.5, 0.6) is 0 Å². The van der Waals surface area contributed by atoms with Gasteiger partial charge in [-0.2, -0.15) is 0 Å². The number of nitrogens with two attached hydrogens (primary N) is 1. The van der Waals surface area contributed by atoms with Crippen LogP contribution in [-0.4, -0.2) is 9.55 Å². The number of hydrogen-bond acceptors (Lipinski definition) is 2. The molecule has 0 aliphatic heterocycles. The van der Waals surface area contributed by atoms with Crippen LogP contribution in [0.15, 0.2) is 42.5 Å². The zero-order chi connectivity index (χ0) is 14.4. The van der Waals surface area contributed by atoms with Crippen molar-refractivity contribution in [1.29, 1.82) is 0 Å². The van der Waals surface area contributed by atoms with Crippen LogP contribution in [0.3, 0.4) is 0 Å². The van der Waals surface area contributed by atoms with Crippen molar-refractivity contribution in [2.24, 2.45) is 0 Å². The molecule has 1 atom stereocenters. The van der Waals surface area contributed by atoms with Crippen LogP contribution in [0.4, 0.5) is 10.3 Å². The lowest BCUT2D eigenvalue weighted by Gasteiger charge is -2.27. The molecule has 4 heteroatoms. The molecule has 1 aliphatic carbocycles. The fourth-order valence-electron chi connectivity index (χ4n) is 3.37. The van der Waals surface area contributed by atoms with Gasteiger partial charge in [0, 0.05) is 12.1 Å². The smallest absolute Gasteiger partial charge is 0.201 e. The van der Waals surface area contributed by atoms with Crippen molar-refractivity contribution >= 4 is 17.0 Å². The number of nitrogens with zero attached hydrogens (tertiary/aromatic N) is 2. The number of hydrogen-bond donors (Lipinski definition) is 1. The fourth-order valence-corrected chi connectivity index (χ4v) is 3.37. The van der Waals surface area contributed by atoms with Crippen molar-refractivity contribution in [3.05, 3.63) is 59.4 Å². The Morgan fingerprint density at radius 2 is 1.95 bits per heavy atom. The summed E-state index contributed by atoms with van der Waals surface area (Å²) in [5.74, 6) is 0.195. The first-order valence-electron chi connectivity index (χ1n) is 7.22. The Labute approximate surface area is 122 Å². The Hall–Kier alpha value is -2.36. The summed E-state index contributed by atoms with van der Waals surface area (Å²) in [6, 6.07) is 13.5. The van der Waals surface area contributed by atoms with Gasteiger partial charge in [-0.15, -0.1) is 0 Å². The summed E-state index contributed by atoms with van der Waals surface area (Å²) in [7, 11) is 0. The van der Waals surface area contributed by atoms with Gasteiger partial charge in [-0.3, -0.25) is 0 Å². The number of anilines is 1. The SMILES string of the molecule is Nc1nc2cc(F)ccc2n1C1CCc2ccccc2C1. The van der Waals surface area contributed by atoms with E-state index in [1.165, 1.54) is 23.3 Å². The van der Waals surface area contributed by atoms with E-state index in [2.05, 4.69) is 33.8 Å². The minimum atomic E-state index is -0.277. The molecule has 2 N–H and O–H groups in total. The van der Waals surface area contributed by atoms with Crippen molar-refractivity contribution in [3.8, 4) is 0 Å². The fraction of sp³-hybridized carbons (Fsp3) is 0.235. The second-order valence-corrected chi connectivity index (χ2v) is 5.64. The molecule has 1 aliphatic rings. The monoisotopic (exact) mass is 281 g/mol. The number of imidazole rings is 1. The lowest BCUT2D eigenvalue weighted by Crippen LogP contribution is -2.20. The minimum absolute atomic E-state index is 0.277. The normalized spacial score (nSPS) is 17.9. The molecule has 106 valence electrons. The quantitative estimate of drug-likeness (QED) is 0.742. The molecule has 0 radical (unpaired) electrons. The summed E-state index contributed by atoms with van der Waals surface area (Å²) in [4.78, 5) is 4.31. The Morgan fingerprint density at radius 3 is 2.81 bits per heavy atom. The number of fused-ring (bicyclic) bond motifs is 2. The van der Waals surface area contributed by atoms with E-state index in [1.54, 1.807) is 6.07 Å². The molecule has 1 heterocycles. The molecule has 0 amide bonds. The highest BCUT2D eigenvalue weighted by Crippen LogP contribution is 2.33. The van der Waals surface area contributed by atoms with Crippen molar-refractivity contribution in [3.63, 3.8) is 0 Å². The van der Waals surface area contributed by atoms with Gasteiger partial charge in [-0.1, -0.05) is 24.3 Å². The summed E-state index contributed by atoms with van der Waals surface area (Å²) in [5, 5.41) is 0. The third-order valence-electron chi connectivity index (χ3n) is 4.36. The molecular weight excluding hydrogens is 265 g/mol. The third-order valence-corrected chi connectivity index (χ3v) is 4.36. The van der Waals surface area contributed by atoms with E-state index in [-0.39, 0.29) is 11.9 Å². The Balaban J connectivity index is 1.79. The molecule has 1 aromatic heterocycles. The van der Waals surface area contributed by atoms with Gasteiger partial charge in [-0.25, -0.2) is 9.37 Å². The van der Waals surface area contributed by atoms with E-state index >= 15 is 0 Å². The molecule has 3 aromatic rings. The van der Waals surface area contributed by atoms with Gasteiger partial charge in [0.15, 0.2) is 0 Å². The largest absolute Gasteiger partial charge is 0.369 e. The maximum atomic E-state index is 13.3. The first-order chi connectivity index (χ1) is 10.2.